The zero-order valence-electron chi connectivity index (χ0n) is 11.0. The second-order valence-corrected chi connectivity index (χ2v) is 5.71. The Bertz CT molecular complexity index is 1090. The highest BCUT2D eigenvalue weighted by atomic mass is 32.1. The van der Waals surface area contributed by atoms with E-state index in [1.807, 2.05) is 25.1 Å². The summed E-state index contributed by atoms with van der Waals surface area (Å²) in [5, 5.41) is 15.4. The van der Waals surface area contributed by atoms with Crippen molar-refractivity contribution in [3.8, 4) is 17.3 Å². The van der Waals surface area contributed by atoms with E-state index in [2.05, 4.69) is 16.2 Å². The first-order valence-corrected chi connectivity index (χ1v) is 7.12. The Balaban J connectivity index is 2.37. The van der Waals surface area contributed by atoms with Gasteiger partial charge in [-0.05, 0) is 6.92 Å². The van der Waals surface area contributed by atoms with Gasteiger partial charge in [0.1, 0.15) is 16.6 Å². The summed E-state index contributed by atoms with van der Waals surface area (Å²) >= 11 is 1.18. The number of aryl methyl sites for hydroxylation is 1. The molecule has 0 atom stereocenters. The number of aromatic nitrogens is 3. The molecule has 2 aliphatic rings. The molecule has 6 heteroatoms. The van der Waals surface area contributed by atoms with Crippen LogP contribution in [0.2, 0.25) is 0 Å². The number of rotatable bonds is 0. The first-order valence-electron chi connectivity index (χ1n) is 6.30. The topological polar surface area (TPSA) is 71.0 Å². The third-order valence-electron chi connectivity index (χ3n) is 3.49. The zero-order chi connectivity index (χ0) is 14.6. The molecule has 1 aromatic carbocycles. The van der Waals surface area contributed by atoms with Crippen molar-refractivity contribution in [1.82, 2.24) is 14.6 Å². The zero-order valence-corrected chi connectivity index (χ0v) is 11.8. The van der Waals surface area contributed by atoms with E-state index in [0.29, 0.717) is 26.5 Å². The van der Waals surface area contributed by atoms with E-state index in [0.717, 1.165) is 11.1 Å². The lowest BCUT2D eigenvalue weighted by molar-refractivity contribution is 0.925. The molecule has 4 rings (SSSR count). The van der Waals surface area contributed by atoms with Gasteiger partial charge in [-0.3, -0.25) is 4.79 Å². The molecule has 2 aromatic rings. The monoisotopic (exact) mass is 292 g/mol. The van der Waals surface area contributed by atoms with Crippen molar-refractivity contribution in [3.63, 3.8) is 0 Å². The first kappa shape index (κ1) is 12.0. The van der Waals surface area contributed by atoms with Gasteiger partial charge in [0.25, 0.3) is 0 Å². The summed E-state index contributed by atoms with van der Waals surface area (Å²) in [6, 6.07) is 9.42. The van der Waals surface area contributed by atoms with Gasteiger partial charge in [0.2, 0.25) is 4.96 Å². The van der Waals surface area contributed by atoms with Crippen LogP contribution in [0.4, 0.5) is 0 Å². The minimum Gasteiger partial charge on any atom is -0.288 e. The lowest BCUT2D eigenvalue weighted by Gasteiger charge is -1.93. The molecular weight excluding hydrogens is 284 g/mol. The van der Waals surface area contributed by atoms with Gasteiger partial charge >= 0.3 is 0 Å². The molecule has 1 aliphatic heterocycles. The van der Waals surface area contributed by atoms with E-state index in [9.17, 15) is 10.1 Å². The van der Waals surface area contributed by atoms with Crippen molar-refractivity contribution < 1.29 is 0 Å². The fourth-order valence-corrected chi connectivity index (χ4v) is 3.40. The average molecular weight is 292 g/mol. The molecule has 0 saturated heterocycles. The van der Waals surface area contributed by atoms with Crippen LogP contribution in [-0.2, 0) is 0 Å². The summed E-state index contributed by atoms with van der Waals surface area (Å²) in [7, 11) is 0. The summed E-state index contributed by atoms with van der Waals surface area (Å²) in [6.07, 6.45) is 1.70. The Labute approximate surface area is 123 Å². The Morgan fingerprint density at radius 3 is 2.81 bits per heavy atom. The SMILES string of the molecule is Cc1cnc2sc(C#N)c3c(=O)c4ccccc4c-3nn12. The maximum absolute atomic E-state index is 12.6. The van der Waals surface area contributed by atoms with Gasteiger partial charge in [0.15, 0.2) is 5.43 Å². The Kier molecular flexibility index (Phi) is 2.35. The number of benzene rings is 1. The largest absolute Gasteiger partial charge is 0.288 e. The average Bonchev–Trinajstić information content (AvgIpc) is 2.91. The van der Waals surface area contributed by atoms with E-state index in [1.165, 1.54) is 11.3 Å². The van der Waals surface area contributed by atoms with E-state index in [1.54, 1.807) is 16.8 Å². The molecule has 0 saturated carbocycles. The number of hydrogen-bond donors (Lipinski definition) is 0. The van der Waals surface area contributed by atoms with Crippen molar-refractivity contribution in [2.75, 3.05) is 0 Å². The maximum atomic E-state index is 12.6. The molecule has 21 heavy (non-hydrogen) atoms. The highest BCUT2D eigenvalue weighted by Gasteiger charge is 2.22. The van der Waals surface area contributed by atoms with Crippen molar-refractivity contribution in [2.45, 2.75) is 6.92 Å². The van der Waals surface area contributed by atoms with Crippen LogP contribution in [0.1, 0.15) is 10.6 Å². The van der Waals surface area contributed by atoms with Gasteiger partial charge in [0, 0.05) is 10.8 Å². The van der Waals surface area contributed by atoms with Gasteiger partial charge in [-0.1, -0.05) is 35.6 Å². The second kappa shape index (κ2) is 4.11. The van der Waals surface area contributed by atoms with Crippen LogP contribution < -0.4 is 5.43 Å². The van der Waals surface area contributed by atoms with E-state index < -0.39 is 0 Å². The third kappa shape index (κ3) is 1.52. The van der Waals surface area contributed by atoms with Gasteiger partial charge in [0.05, 0.1) is 17.5 Å². The smallest absolute Gasteiger partial charge is 0.211 e. The molecule has 1 aromatic heterocycles. The molecule has 5 nitrogen and oxygen atoms in total. The maximum Gasteiger partial charge on any atom is 0.211 e. The van der Waals surface area contributed by atoms with Crippen LogP contribution in [0.5, 0.6) is 0 Å². The molecule has 0 fully saturated rings. The lowest BCUT2D eigenvalue weighted by atomic mass is 10.2. The van der Waals surface area contributed by atoms with E-state index >= 15 is 0 Å². The Morgan fingerprint density at radius 2 is 2.05 bits per heavy atom. The quantitative estimate of drug-likeness (QED) is 0.499. The van der Waals surface area contributed by atoms with E-state index in [4.69, 9.17) is 0 Å². The standard InChI is InChI=1S/C15H8N4OS/c1-8-7-17-15-19(8)18-13-9-4-2-3-5-10(9)14(20)12(13)11(6-16)21-15/h2-5,7H,1H3. The fraction of sp³-hybridized carbons (Fsp3) is 0.0667. The van der Waals surface area contributed by atoms with Crippen LogP contribution in [0, 0.1) is 18.3 Å². The molecule has 0 amide bonds. The number of nitrogens with zero attached hydrogens (tertiary/aromatic N) is 4. The molecule has 0 N–H and O–H groups in total. The van der Waals surface area contributed by atoms with Crippen LogP contribution in [0.3, 0.4) is 0 Å². The Morgan fingerprint density at radius 1 is 1.29 bits per heavy atom. The van der Waals surface area contributed by atoms with Gasteiger partial charge in [-0.2, -0.15) is 10.4 Å². The summed E-state index contributed by atoms with van der Waals surface area (Å²) in [6.45, 7) is 1.89. The molecule has 0 spiro atoms. The lowest BCUT2D eigenvalue weighted by Crippen LogP contribution is -1.99. The highest BCUT2D eigenvalue weighted by molar-refractivity contribution is 7.17. The van der Waals surface area contributed by atoms with Crippen molar-refractivity contribution in [2.24, 2.45) is 0 Å². The second-order valence-electron chi connectivity index (χ2n) is 4.74. The number of fused-ring (bicyclic) bond motifs is 4. The van der Waals surface area contributed by atoms with Crippen LogP contribution in [0.15, 0.2) is 35.3 Å². The fourth-order valence-electron chi connectivity index (χ4n) is 2.50. The first-order chi connectivity index (χ1) is 10.2. The number of imidazole rings is 1. The summed E-state index contributed by atoms with van der Waals surface area (Å²) in [5.41, 5.74) is 1.66. The molecule has 100 valence electrons. The predicted molar refractivity (Wildman–Crippen MR) is 80.7 cm³/mol. The normalized spacial score (nSPS) is 11.2. The summed E-state index contributed by atoms with van der Waals surface area (Å²) in [4.78, 5) is 17.8. The minimum absolute atomic E-state index is 0.142. The number of nitriles is 1. The summed E-state index contributed by atoms with van der Waals surface area (Å²) in [5.74, 6) is 0. The van der Waals surface area contributed by atoms with Crippen molar-refractivity contribution in [3.05, 3.63) is 51.3 Å². The van der Waals surface area contributed by atoms with Crippen LogP contribution >= 0.6 is 11.3 Å². The molecule has 0 bridgehead atoms. The third-order valence-corrected chi connectivity index (χ3v) is 4.45. The van der Waals surface area contributed by atoms with Crippen LogP contribution in [0.25, 0.3) is 27.0 Å². The minimum atomic E-state index is -0.142. The molecule has 0 radical (unpaired) electrons. The molecule has 2 heterocycles. The Hall–Kier alpha value is -2.78. The van der Waals surface area contributed by atoms with Crippen LogP contribution in [-0.4, -0.2) is 14.6 Å². The van der Waals surface area contributed by atoms with Crippen molar-refractivity contribution in [1.29, 1.82) is 5.26 Å². The van der Waals surface area contributed by atoms with E-state index in [-0.39, 0.29) is 5.43 Å². The molecule has 1 aliphatic carbocycles. The van der Waals surface area contributed by atoms with Gasteiger partial charge in [-0.15, -0.1) is 0 Å². The van der Waals surface area contributed by atoms with Gasteiger partial charge < -0.3 is 0 Å². The molecular formula is C15H8N4OS. The predicted octanol–water partition coefficient (Wildman–Crippen LogP) is 2.59. The van der Waals surface area contributed by atoms with Crippen molar-refractivity contribution >= 4 is 27.1 Å². The number of hydrogen-bond acceptors (Lipinski definition) is 5. The van der Waals surface area contributed by atoms with Gasteiger partial charge in [-0.25, -0.2) is 9.50 Å². The molecule has 0 unspecified atom stereocenters. The highest BCUT2D eigenvalue weighted by Crippen LogP contribution is 2.31. The summed E-state index contributed by atoms with van der Waals surface area (Å²) < 4.78 is 1.68.